The van der Waals surface area contributed by atoms with Crippen LogP contribution >= 0.6 is 0 Å². The van der Waals surface area contributed by atoms with E-state index in [9.17, 15) is 0 Å². The van der Waals surface area contributed by atoms with Crippen molar-refractivity contribution in [1.82, 2.24) is 10.3 Å². The van der Waals surface area contributed by atoms with Crippen LogP contribution in [0.2, 0.25) is 0 Å². The highest BCUT2D eigenvalue weighted by Crippen LogP contribution is 2.14. The van der Waals surface area contributed by atoms with Crippen LogP contribution in [-0.4, -0.2) is 11.5 Å². The van der Waals surface area contributed by atoms with Crippen molar-refractivity contribution >= 4 is 0 Å². The summed E-state index contributed by atoms with van der Waals surface area (Å²) in [4.78, 5) is 4.30. The minimum atomic E-state index is 0.790. The fourth-order valence-electron chi connectivity index (χ4n) is 1.43. The molecule has 1 aromatic rings. The lowest BCUT2D eigenvalue weighted by molar-refractivity contribution is 0.459. The van der Waals surface area contributed by atoms with Gasteiger partial charge in [-0.25, -0.2) is 4.98 Å². The molecular weight excluding hydrogens is 140 g/mol. The standard InChI is InChI=1S/C8H12N2O/c1-6-10-7-3-2-4-9-5-8(7)11-6/h9H,2-5H2,1H3. The number of hydrogen-bond acceptors (Lipinski definition) is 3. The predicted octanol–water partition coefficient (Wildman–Crippen LogP) is 1.02. The van der Waals surface area contributed by atoms with E-state index in [1.54, 1.807) is 0 Å². The highest BCUT2D eigenvalue weighted by molar-refractivity contribution is 5.11. The van der Waals surface area contributed by atoms with E-state index in [0.29, 0.717) is 0 Å². The molecule has 11 heavy (non-hydrogen) atoms. The smallest absolute Gasteiger partial charge is 0.191 e. The average molecular weight is 152 g/mol. The van der Waals surface area contributed by atoms with Crippen LogP contribution in [0, 0.1) is 6.92 Å². The Labute approximate surface area is 65.8 Å². The van der Waals surface area contributed by atoms with Crippen LogP contribution in [0.15, 0.2) is 4.42 Å². The topological polar surface area (TPSA) is 38.1 Å². The normalized spacial score (nSPS) is 17.5. The Morgan fingerprint density at radius 2 is 2.45 bits per heavy atom. The summed E-state index contributed by atoms with van der Waals surface area (Å²) >= 11 is 0. The lowest BCUT2D eigenvalue weighted by Gasteiger charge is -1.93. The second-order valence-electron chi connectivity index (χ2n) is 2.88. The summed E-state index contributed by atoms with van der Waals surface area (Å²) in [5, 5.41) is 3.28. The van der Waals surface area contributed by atoms with Crippen LogP contribution in [0.1, 0.15) is 23.8 Å². The molecule has 1 N–H and O–H groups in total. The van der Waals surface area contributed by atoms with Crippen LogP contribution < -0.4 is 5.32 Å². The highest BCUT2D eigenvalue weighted by atomic mass is 16.4. The van der Waals surface area contributed by atoms with Crippen molar-refractivity contribution in [2.45, 2.75) is 26.3 Å². The summed E-state index contributed by atoms with van der Waals surface area (Å²) in [5.41, 5.74) is 1.15. The Balaban J connectivity index is 2.32. The number of nitrogens with one attached hydrogen (secondary N) is 1. The van der Waals surface area contributed by atoms with E-state index < -0.39 is 0 Å². The molecule has 3 heteroatoms. The number of oxazole rings is 1. The molecule has 0 bridgehead atoms. The lowest BCUT2D eigenvalue weighted by Crippen LogP contribution is -2.11. The van der Waals surface area contributed by atoms with E-state index in [-0.39, 0.29) is 0 Å². The molecule has 0 radical (unpaired) electrons. The third-order valence-electron chi connectivity index (χ3n) is 1.94. The monoisotopic (exact) mass is 152 g/mol. The number of aromatic nitrogens is 1. The van der Waals surface area contributed by atoms with E-state index in [2.05, 4.69) is 10.3 Å². The molecule has 0 unspecified atom stereocenters. The van der Waals surface area contributed by atoms with Gasteiger partial charge in [0.2, 0.25) is 0 Å². The minimum Gasteiger partial charge on any atom is -0.444 e. The molecule has 1 aromatic heterocycles. The third-order valence-corrected chi connectivity index (χ3v) is 1.94. The molecule has 2 rings (SSSR count). The molecular formula is C8H12N2O. The molecule has 60 valence electrons. The summed E-state index contributed by atoms with van der Waals surface area (Å²) in [6, 6.07) is 0. The maximum absolute atomic E-state index is 5.41. The Morgan fingerprint density at radius 3 is 3.36 bits per heavy atom. The Morgan fingerprint density at radius 1 is 1.55 bits per heavy atom. The van der Waals surface area contributed by atoms with E-state index in [0.717, 1.165) is 36.9 Å². The summed E-state index contributed by atoms with van der Waals surface area (Å²) in [5.74, 6) is 1.82. The maximum atomic E-state index is 5.41. The predicted molar refractivity (Wildman–Crippen MR) is 41.3 cm³/mol. The van der Waals surface area contributed by atoms with Crippen molar-refractivity contribution in [3.8, 4) is 0 Å². The minimum absolute atomic E-state index is 0.790. The maximum Gasteiger partial charge on any atom is 0.191 e. The van der Waals surface area contributed by atoms with E-state index in [1.165, 1.54) is 6.42 Å². The average Bonchev–Trinajstić information content (AvgIpc) is 2.17. The summed E-state index contributed by atoms with van der Waals surface area (Å²) in [6.45, 7) is 3.82. The van der Waals surface area contributed by atoms with Crippen LogP contribution in [0.3, 0.4) is 0 Å². The molecule has 0 saturated carbocycles. The molecule has 0 spiro atoms. The molecule has 0 amide bonds. The van der Waals surface area contributed by atoms with Gasteiger partial charge >= 0.3 is 0 Å². The van der Waals surface area contributed by atoms with Gasteiger partial charge in [0.25, 0.3) is 0 Å². The van der Waals surface area contributed by atoms with Crippen molar-refractivity contribution in [3.63, 3.8) is 0 Å². The van der Waals surface area contributed by atoms with Gasteiger partial charge in [-0.3, -0.25) is 0 Å². The summed E-state index contributed by atoms with van der Waals surface area (Å²) in [7, 11) is 0. The fraction of sp³-hybridized carbons (Fsp3) is 0.625. The number of rotatable bonds is 0. The first-order valence-corrected chi connectivity index (χ1v) is 4.02. The Hall–Kier alpha value is -0.830. The van der Waals surface area contributed by atoms with Gasteiger partial charge in [-0.1, -0.05) is 0 Å². The van der Waals surface area contributed by atoms with Crippen LogP contribution in [0.5, 0.6) is 0 Å². The molecule has 2 heterocycles. The zero-order valence-corrected chi connectivity index (χ0v) is 6.68. The largest absolute Gasteiger partial charge is 0.444 e. The molecule has 0 aromatic carbocycles. The first-order valence-electron chi connectivity index (χ1n) is 4.02. The van der Waals surface area contributed by atoms with E-state index in [4.69, 9.17) is 4.42 Å². The van der Waals surface area contributed by atoms with E-state index in [1.807, 2.05) is 6.92 Å². The van der Waals surface area contributed by atoms with Gasteiger partial charge in [0.1, 0.15) is 5.76 Å². The summed E-state index contributed by atoms with van der Waals surface area (Å²) < 4.78 is 5.41. The molecule has 1 aliphatic rings. The first kappa shape index (κ1) is 6.85. The van der Waals surface area contributed by atoms with E-state index >= 15 is 0 Å². The van der Waals surface area contributed by atoms with Gasteiger partial charge in [0.15, 0.2) is 5.89 Å². The van der Waals surface area contributed by atoms with Gasteiger partial charge in [-0.05, 0) is 19.4 Å². The van der Waals surface area contributed by atoms with Crippen LogP contribution in [0.25, 0.3) is 0 Å². The van der Waals surface area contributed by atoms with Crippen molar-refractivity contribution in [3.05, 3.63) is 17.3 Å². The van der Waals surface area contributed by atoms with Crippen molar-refractivity contribution in [2.24, 2.45) is 0 Å². The molecule has 0 saturated heterocycles. The summed E-state index contributed by atoms with van der Waals surface area (Å²) in [6.07, 6.45) is 2.22. The molecule has 0 atom stereocenters. The molecule has 3 nitrogen and oxygen atoms in total. The van der Waals surface area contributed by atoms with Gasteiger partial charge in [-0.15, -0.1) is 0 Å². The Kier molecular flexibility index (Phi) is 1.66. The number of aryl methyl sites for hydroxylation is 2. The van der Waals surface area contributed by atoms with Crippen molar-refractivity contribution in [1.29, 1.82) is 0 Å². The second-order valence-corrected chi connectivity index (χ2v) is 2.88. The fourth-order valence-corrected chi connectivity index (χ4v) is 1.43. The SMILES string of the molecule is Cc1nc2c(o1)CNCCC2. The molecule has 0 fully saturated rings. The number of nitrogens with zero attached hydrogens (tertiary/aromatic N) is 1. The van der Waals surface area contributed by atoms with Gasteiger partial charge < -0.3 is 9.73 Å². The van der Waals surface area contributed by atoms with Crippen LogP contribution in [0.4, 0.5) is 0 Å². The zero-order chi connectivity index (χ0) is 7.68. The van der Waals surface area contributed by atoms with Gasteiger partial charge in [0, 0.05) is 6.92 Å². The number of hydrogen-bond donors (Lipinski definition) is 1. The van der Waals surface area contributed by atoms with Crippen LogP contribution in [-0.2, 0) is 13.0 Å². The second kappa shape index (κ2) is 2.66. The third kappa shape index (κ3) is 1.28. The first-order chi connectivity index (χ1) is 5.36. The highest BCUT2D eigenvalue weighted by Gasteiger charge is 2.12. The molecule has 1 aliphatic heterocycles. The quantitative estimate of drug-likeness (QED) is 0.603. The zero-order valence-electron chi connectivity index (χ0n) is 6.68. The van der Waals surface area contributed by atoms with Crippen molar-refractivity contribution in [2.75, 3.05) is 6.54 Å². The van der Waals surface area contributed by atoms with Gasteiger partial charge in [0.05, 0.1) is 12.2 Å². The Bertz CT molecular complexity index is 231. The lowest BCUT2D eigenvalue weighted by atomic mass is 10.2. The van der Waals surface area contributed by atoms with Crippen molar-refractivity contribution < 1.29 is 4.42 Å². The molecule has 0 aliphatic carbocycles. The number of fused-ring (bicyclic) bond motifs is 1. The van der Waals surface area contributed by atoms with Gasteiger partial charge in [-0.2, -0.15) is 0 Å².